The number of hydrogen-bond donors (Lipinski definition) is 2. The molecule has 1 amide bonds. The number of aliphatic imine (C=N–C) groups is 1. The van der Waals surface area contributed by atoms with Crippen LogP contribution < -0.4 is 15.4 Å². The number of likely N-dealkylation sites (tertiary alicyclic amines) is 1. The van der Waals surface area contributed by atoms with E-state index in [1.807, 2.05) is 19.2 Å². The van der Waals surface area contributed by atoms with Gasteiger partial charge in [-0.05, 0) is 49.8 Å². The lowest BCUT2D eigenvalue weighted by molar-refractivity contribution is -0.134. The van der Waals surface area contributed by atoms with Crippen molar-refractivity contribution in [2.45, 2.75) is 56.4 Å². The molecule has 2 aliphatic carbocycles. The maximum Gasteiger partial charge on any atom is 0.225 e. The van der Waals surface area contributed by atoms with Crippen molar-refractivity contribution in [3.8, 4) is 5.75 Å². The van der Waals surface area contributed by atoms with Crippen LogP contribution in [0.3, 0.4) is 0 Å². The molecule has 0 spiro atoms. The van der Waals surface area contributed by atoms with Crippen molar-refractivity contribution in [3.63, 3.8) is 0 Å². The van der Waals surface area contributed by atoms with Gasteiger partial charge in [-0.1, -0.05) is 25.0 Å². The smallest absolute Gasteiger partial charge is 0.225 e. The van der Waals surface area contributed by atoms with E-state index in [0.717, 1.165) is 50.6 Å². The van der Waals surface area contributed by atoms with Gasteiger partial charge in [0.15, 0.2) is 5.96 Å². The Balaban J connectivity index is 1.27. The van der Waals surface area contributed by atoms with Crippen LogP contribution in [0.4, 0.5) is 0 Å². The fraction of sp³-hybridized carbons (Fsp3) is 0.652. The Bertz CT molecular complexity index is 736. The number of carbonyl (C=O) groups is 1. The van der Waals surface area contributed by atoms with E-state index in [-0.39, 0.29) is 17.4 Å². The SMILES string of the molecule is CN=C(NCC1(c2ccc(OC)cc2)CC1)NC1CCN(C(=O)C2CCCC2)C1. The summed E-state index contributed by atoms with van der Waals surface area (Å²) in [6, 6.07) is 8.71. The Kier molecular flexibility index (Phi) is 5.97. The summed E-state index contributed by atoms with van der Waals surface area (Å²) in [6.07, 6.45) is 7.93. The molecule has 1 aromatic carbocycles. The third kappa shape index (κ3) is 4.51. The first-order valence-corrected chi connectivity index (χ1v) is 11.0. The van der Waals surface area contributed by atoms with Crippen LogP contribution in [0.1, 0.15) is 50.5 Å². The van der Waals surface area contributed by atoms with Crippen LogP contribution >= 0.6 is 0 Å². The van der Waals surface area contributed by atoms with Crippen LogP contribution in [0.2, 0.25) is 0 Å². The van der Waals surface area contributed by atoms with Crippen LogP contribution in [0.15, 0.2) is 29.3 Å². The van der Waals surface area contributed by atoms with Crippen molar-refractivity contribution in [1.29, 1.82) is 0 Å². The number of benzene rings is 1. The van der Waals surface area contributed by atoms with Gasteiger partial charge in [0.25, 0.3) is 0 Å². The molecule has 29 heavy (non-hydrogen) atoms. The third-order valence-electron chi connectivity index (χ3n) is 6.92. The Morgan fingerprint density at radius 2 is 1.93 bits per heavy atom. The minimum atomic E-state index is 0.198. The second-order valence-corrected chi connectivity index (χ2v) is 8.83. The highest BCUT2D eigenvalue weighted by Crippen LogP contribution is 2.47. The molecular weight excluding hydrogens is 364 g/mol. The maximum absolute atomic E-state index is 12.7. The summed E-state index contributed by atoms with van der Waals surface area (Å²) < 4.78 is 5.28. The summed E-state index contributed by atoms with van der Waals surface area (Å²) in [5.74, 6) is 2.37. The molecule has 1 heterocycles. The van der Waals surface area contributed by atoms with E-state index in [0.29, 0.717) is 5.91 Å². The first-order chi connectivity index (χ1) is 14.1. The molecule has 1 saturated heterocycles. The zero-order chi connectivity index (χ0) is 20.3. The molecule has 2 saturated carbocycles. The van der Waals surface area contributed by atoms with Gasteiger partial charge < -0.3 is 20.3 Å². The van der Waals surface area contributed by atoms with Gasteiger partial charge in [0.05, 0.1) is 7.11 Å². The normalized spacial score (nSPS) is 23.9. The second kappa shape index (κ2) is 8.64. The summed E-state index contributed by atoms with van der Waals surface area (Å²) in [4.78, 5) is 19.1. The van der Waals surface area contributed by atoms with E-state index < -0.39 is 0 Å². The average molecular weight is 399 g/mol. The first-order valence-electron chi connectivity index (χ1n) is 11.0. The molecule has 1 aromatic rings. The second-order valence-electron chi connectivity index (χ2n) is 8.83. The van der Waals surface area contributed by atoms with Crippen molar-refractivity contribution in [2.75, 3.05) is 33.8 Å². The van der Waals surface area contributed by atoms with E-state index in [1.54, 1.807) is 7.11 Å². The van der Waals surface area contributed by atoms with E-state index in [9.17, 15) is 4.79 Å². The number of rotatable bonds is 6. The van der Waals surface area contributed by atoms with E-state index in [1.165, 1.54) is 31.2 Å². The van der Waals surface area contributed by atoms with Crippen LogP contribution in [-0.4, -0.2) is 56.6 Å². The van der Waals surface area contributed by atoms with Crippen molar-refractivity contribution < 1.29 is 9.53 Å². The zero-order valence-electron chi connectivity index (χ0n) is 17.7. The molecular formula is C23H34N4O2. The Morgan fingerprint density at radius 1 is 1.21 bits per heavy atom. The van der Waals surface area contributed by atoms with Crippen LogP contribution in [0.25, 0.3) is 0 Å². The van der Waals surface area contributed by atoms with E-state index in [2.05, 4.69) is 32.7 Å². The molecule has 158 valence electrons. The van der Waals surface area contributed by atoms with Gasteiger partial charge >= 0.3 is 0 Å². The topological polar surface area (TPSA) is 66.0 Å². The molecule has 1 unspecified atom stereocenters. The van der Waals surface area contributed by atoms with Gasteiger partial charge in [-0.25, -0.2) is 0 Å². The Labute approximate surface area is 174 Å². The van der Waals surface area contributed by atoms with E-state index >= 15 is 0 Å². The summed E-state index contributed by atoms with van der Waals surface area (Å²) >= 11 is 0. The number of nitrogens with one attached hydrogen (secondary N) is 2. The maximum atomic E-state index is 12.7. The molecule has 0 bridgehead atoms. The molecule has 4 rings (SSSR count). The summed E-state index contributed by atoms with van der Waals surface area (Å²) in [5, 5.41) is 7.07. The van der Waals surface area contributed by atoms with Crippen molar-refractivity contribution in [3.05, 3.63) is 29.8 Å². The number of amides is 1. The highest BCUT2D eigenvalue weighted by molar-refractivity contribution is 5.81. The fourth-order valence-electron chi connectivity index (χ4n) is 4.81. The number of ether oxygens (including phenoxy) is 1. The minimum Gasteiger partial charge on any atom is -0.497 e. The van der Waals surface area contributed by atoms with Gasteiger partial charge in [-0.2, -0.15) is 0 Å². The monoisotopic (exact) mass is 398 g/mol. The molecule has 1 atom stereocenters. The van der Waals surface area contributed by atoms with Crippen LogP contribution in [0, 0.1) is 5.92 Å². The fourth-order valence-corrected chi connectivity index (χ4v) is 4.81. The lowest BCUT2D eigenvalue weighted by atomic mass is 9.96. The molecule has 0 radical (unpaired) electrons. The molecule has 3 aliphatic rings. The summed E-state index contributed by atoms with van der Waals surface area (Å²) in [5.41, 5.74) is 1.56. The van der Waals surface area contributed by atoms with Gasteiger partial charge in [0, 0.05) is 44.1 Å². The standard InChI is InChI=1S/C23H34N4O2/c1-24-22(25-16-23(12-13-23)18-7-9-20(29-2)10-8-18)26-19-11-14-27(15-19)21(28)17-5-3-4-6-17/h7-10,17,19H,3-6,11-16H2,1-2H3,(H2,24,25,26). The number of carbonyl (C=O) groups excluding carboxylic acids is 1. The number of methoxy groups -OCH3 is 1. The molecule has 0 aromatic heterocycles. The lowest BCUT2D eigenvalue weighted by Crippen LogP contribution is -2.47. The summed E-state index contributed by atoms with van der Waals surface area (Å²) in [7, 11) is 3.52. The zero-order valence-corrected chi connectivity index (χ0v) is 17.7. The molecule has 1 aliphatic heterocycles. The first kappa shape index (κ1) is 20.0. The van der Waals surface area contributed by atoms with Crippen LogP contribution in [-0.2, 0) is 10.2 Å². The highest BCUT2D eigenvalue weighted by atomic mass is 16.5. The quantitative estimate of drug-likeness (QED) is 0.571. The molecule has 2 N–H and O–H groups in total. The van der Waals surface area contributed by atoms with E-state index in [4.69, 9.17) is 4.74 Å². The minimum absolute atomic E-state index is 0.198. The van der Waals surface area contributed by atoms with Gasteiger partial charge in [-0.3, -0.25) is 9.79 Å². The van der Waals surface area contributed by atoms with Crippen molar-refractivity contribution >= 4 is 11.9 Å². The highest BCUT2D eigenvalue weighted by Gasteiger charge is 2.44. The van der Waals surface area contributed by atoms with Crippen LogP contribution in [0.5, 0.6) is 5.75 Å². The molecule has 6 heteroatoms. The Morgan fingerprint density at radius 3 is 2.55 bits per heavy atom. The number of guanidine groups is 1. The number of hydrogen-bond acceptors (Lipinski definition) is 3. The predicted molar refractivity (Wildman–Crippen MR) is 115 cm³/mol. The molecule has 3 fully saturated rings. The lowest BCUT2D eigenvalue weighted by Gasteiger charge is -2.23. The number of nitrogens with zero attached hydrogens (tertiary/aromatic N) is 2. The molecule has 6 nitrogen and oxygen atoms in total. The van der Waals surface area contributed by atoms with Gasteiger partial charge in [-0.15, -0.1) is 0 Å². The van der Waals surface area contributed by atoms with Gasteiger partial charge in [0.1, 0.15) is 5.75 Å². The summed E-state index contributed by atoms with van der Waals surface area (Å²) in [6.45, 7) is 2.52. The third-order valence-corrected chi connectivity index (χ3v) is 6.92. The Hall–Kier alpha value is -2.24. The van der Waals surface area contributed by atoms with Gasteiger partial charge in [0.2, 0.25) is 5.91 Å². The largest absolute Gasteiger partial charge is 0.497 e. The average Bonchev–Trinajstić information content (AvgIpc) is 3.15. The van der Waals surface area contributed by atoms with Crippen molar-refractivity contribution in [1.82, 2.24) is 15.5 Å². The van der Waals surface area contributed by atoms with Crippen molar-refractivity contribution in [2.24, 2.45) is 10.9 Å². The predicted octanol–water partition coefficient (Wildman–Crippen LogP) is 2.68.